The molecule has 0 fully saturated rings. The highest BCUT2D eigenvalue weighted by Crippen LogP contribution is 2.22. The molecule has 2 aromatic rings. The third kappa shape index (κ3) is 3.43. The molecule has 0 saturated carbocycles. The molecule has 0 aromatic carbocycles. The highest BCUT2D eigenvalue weighted by Gasteiger charge is 2.21. The number of thiazole rings is 1. The number of carbonyl (C=O) groups is 1. The molecule has 0 bridgehead atoms. The summed E-state index contributed by atoms with van der Waals surface area (Å²) in [4.78, 5) is 17.9. The van der Waals surface area contributed by atoms with Crippen LogP contribution in [0.4, 0.5) is 0 Å². The van der Waals surface area contributed by atoms with Gasteiger partial charge in [-0.05, 0) is 35.0 Å². The predicted octanol–water partition coefficient (Wildman–Crippen LogP) is 2.44. The molecule has 1 N–H and O–H groups in total. The van der Waals surface area contributed by atoms with Crippen LogP contribution in [0.25, 0.3) is 0 Å². The lowest BCUT2D eigenvalue weighted by atomic mass is 10.3. The maximum absolute atomic E-state index is 12.3. The summed E-state index contributed by atoms with van der Waals surface area (Å²) in [7, 11) is 0. The lowest BCUT2D eigenvalue weighted by Gasteiger charge is -2.19. The molecule has 0 saturated heterocycles. The number of nitrogens with zero attached hydrogens (tertiary/aromatic N) is 2. The Kier molecular flexibility index (Phi) is 4.73. The normalized spacial score (nSPS) is 10.7. The molecule has 5 nitrogen and oxygen atoms in total. The van der Waals surface area contributed by atoms with Crippen LogP contribution < -0.4 is 0 Å². The molecule has 0 unspecified atom stereocenters. The summed E-state index contributed by atoms with van der Waals surface area (Å²) in [5.41, 5.74) is 1.97. The van der Waals surface area contributed by atoms with Crippen molar-refractivity contribution in [3.63, 3.8) is 0 Å². The average molecular weight is 345 g/mol. The minimum atomic E-state index is -0.226. The van der Waals surface area contributed by atoms with Gasteiger partial charge in [0.2, 0.25) is 0 Å². The minimum Gasteiger partial charge on any atom is -0.464 e. The molecule has 0 atom stereocenters. The van der Waals surface area contributed by atoms with Gasteiger partial charge in [-0.1, -0.05) is 0 Å². The van der Waals surface area contributed by atoms with Crippen LogP contribution in [-0.2, 0) is 6.54 Å². The van der Waals surface area contributed by atoms with E-state index in [0.717, 1.165) is 5.76 Å². The number of furan rings is 1. The van der Waals surface area contributed by atoms with Crippen molar-refractivity contribution in [2.45, 2.75) is 13.5 Å². The highest BCUT2D eigenvalue weighted by molar-refractivity contribution is 9.11. The first-order valence-corrected chi connectivity index (χ1v) is 7.33. The maximum atomic E-state index is 12.3. The van der Waals surface area contributed by atoms with Gasteiger partial charge in [0, 0.05) is 6.54 Å². The number of hydrogen-bond acceptors (Lipinski definition) is 5. The molecule has 0 aliphatic carbocycles. The molecule has 0 spiro atoms. The Morgan fingerprint density at radius 2 is 2.37 bits per heavy atom. The Bertz CT molecular complexity index is 567. The van der Waals surface area contributed by atoms with Crippen LogP contribution in [0, 0.1) is 6.92 Å². The van der Waals surface area contributed by atoms with Crippen molar-refractivity contribution >= 4 is 33.2 Å². The van der Waals surface area contributed by atoms with Crippen LogP contribution in [0.2, 0.25) is 0 Å². The van der Waals surface area contributed by atoms with Crippen LogP contribution in [0.5, 0.6) is 0 Å². The number of rotatable bonds is 5. The fraction of sp³-hybridized carbons (Fsp3) is 0.333. The van der Waals surface area contributed by atoms with Gasteiger partial charge < -0.3 is 14.4 Å². The summed E-state index contributed by atoms with van der Waals surface area (Å²) in [5, 5.41) is 9.08. The third-order valence-electron chi connectivity index (χ3n) is 2.53. The van der Waals surface area contributed by atoms with E-state index in [1.807, 2.05) is 19.1 Å². The summed E-state index contributed by atoms with van der Waals surface area (Å²) in [6.07, 6.45) is 0. The van der Waals surface area contributed by atoms with Crippen LogP contribution in [0.3, 0.4) is 0 Å². The van der Waals surface area contributed by atoms with Crippen molar-refractivity contribution in [3.05, 3.63) is 38.6 Å². The number of aliphatic hydroxyl groups is 1. The van der Waals surface area contributed by atoms with Crippen LogP contribution in [0.1, 0.15) is 22.0 Å². The van der Waals surface area contributed by atoms with Crippen molar-refractivity contribution in [2.75, 3.05) is 13.2 Å². The van der Waals surface area contributed by atoms with Gasteiger partial charge in [-0.25, -0.2) is 4.98 Å². The number of aryl methyl sites for hydroxylation is 1. The molecule has 7 heteroatoms. The van der Waals surface area contributed by atoms with Crippen LogP contribution >= 0.6 is 27.3 Å². The molecule has 2 aromatic heterocycles. The van der Waals surface area contributed by atoms with Crippen molar-refractivity contribution in [3.8, 4) is 0 Å². The minimum absolute atomic E-state index is 0.104. The van der Waals surface area contributed by atoms with Gasteiger partial charge in [0.1, 0.15) is 15.3 Å². The zero-order chi connectivity index (χ0) is 13.8. The summed E-state index contributed by atoms with van der Waals surface area (Å²) in [6, 6.07) is 3.67. The van der Waals surface area contributed by atoms with E-state index in [1.165, 1.54) is 16.2 Å². The Labute approximate surface area is 123 Å². The molecule has 0 radical (unpaired) electrons. The first-order valence-electron chi connectivity index (χ1n) is 5.66. The van der Waals surface area contributed by atoms with E-state index < -0.39 is 0 Å². The summed E-state index contributed by atoms with van der Waals surface area (Å²) >= 11 is 4.65. The van der Waals surface area contributed by atoms with Gasteiger partial charge in [-0.3, -0.25) is 4.79 Å². The predicted molar refractivity (Wildman–Crippen MR) is 75.1 cm³/mol. The summed E-state index contributed by atoms with van der Waals surface area (Å²) in [6.45, 7) is 2.30. The quantitative estimate of drug-likeness (QED) is 0.904. The number of aromatic nitrogens is 1. The topological polar surface area (TPSA) is 66.6 Å². The lowest BCUT2D eigenvalue weighted by molar-refractivity contribution is 0.0688. The number of halogens is 1. The van der Waals surface area contributed by atoms with Crippen LogP contribution in [0.15, 0.2) is 25.8 Å². The van der Waals surface area contributed by atoms with Gasteiger partial charge in [0.05, 0.1) is 18.7 Å². The molecule has 1 amide bonds. The summed E-state index contributed by atoms with van der Waals surface area (Å²) in [5.74, 6) is 1.25. The molecule has 102 valence electrons. The molecular weight excluding hydrogens is 332 g/mol. The van der Waals surface area contributed by atoms with Crippen LogP contribution in [-0.4, -0.2) is 34.0 Å². The van der Waals surface area contributed by atoms with Crippen molar-refractivity contribution in [1.29, 1.82) is 0 Å². The van der Waals surface area contributed by atoms with Gasteiger partial charge in [-0.15, -0.1) is 11.3 Å². The zero-order valence-electron chi connectivity index (χ0n) is 10.3. The molecule has 0 aliphatic heterocycles. The second kappa shape index (κ2) is 6.31. The zero-order valence-corrected chi connectivity index (χ0v) is 12.7. The summed E-state index contributed by atoms with van der Waals surface area (Å²) < 4.78 is 6.14. The Morgan fingerprint density at radius 3 is 2.89 bits per heavy atom. The second-order valence-corrected chi connectivity index (χ2v) is 6.11. The second-order valence-electron chi connectivity index (χ2n) is 3.94. The monoisotopic (exact) mass is 344 g/mol. The standard InChI is InChI=1S/C12H13BrN2O3S/c1-8-2-3-9(18-8)6-15(4-5-16)12(17)10-11(13)19-7-14-10/h2-3,7,16H,4-6H2,1H3. The third-order valence-corrected chi connectivity index (χ3v) is 4.07. The average Bonchev–Trinajstić information content (AvgIpc) is 2.97. The van der Waals surface area contributed by atoms with Gasteiger partial charge in [0.15, 0.2) is 5.69 Å². The van der Waals surface area contributed by atoms with Gasteiger partial charge in [0.25, 0.3) is 5.91 Å². The van der Waals surface area contributed by atoms with E-state index in [9.17, 15) is 4.79 Å². The van der Waals surface area contributed by atoms with Crippen molar-refractivity contribution in [1.82, 2.24) is 9.88 Å². The smallest absolute Gasteiger partial charge is 0.275 e. The first kappa shape index (κ1) is 14.2. The lowest BCUT2D eigenvalue weighted by Crippen LogP contribution is -2.33. The SMILES string of the molecule is Cc1ccc(CN(CCO)C(=O)c2ncsc2Br)o1. The largest absolute Gasteiger partial charge is 0.464 e. The Balaban J connectivity index is 2.16. The van der Waals surface area contributed by atoms with E-state index >= 15 is 0 Å². The fourth-order valence-electron chi connectivity index (χ4n) is 1.65. The van der Waals surface area contributed by atoms with E-state index in [-0.39, 0.29) is 19.1 Å². The molecule has 2 heterocycles. The van der Waals surface area contributed by atoms with Crippen molar-refractivity contribution < 1.29 is 14.3 Å². The maximum Gasteiger partial charge on any atom is 0.275 e. The molecule has 0 aliphatic rings. The molecule has 19 heavy (non-hydrogen) atoms. The highest BCUT2D eigenvalue weighted by atomic mass is 79.9. The molecule has 2 rings (SSSR count). The number of amides is 1. The Morgan fingerprint density at radius 1 is 1.58 bits per heavy atom. The van der Waals surface area contributed by atoms with Crippen molar-refractivity contribution in [2.24, 2.45) is 0 Å². The van der Waals surface area contributed by atoms with Gasteiger partial charge in [-0.2, -0.15) is 0 Å². The van der Waals surface area contributed by atoms with E-state index in [1.54, 1.807) is 5.51 Å². The molecular formula is C12H13BrN2O3S. The fourth-order valence-corrected chi connectivity index (χ4v) is 2.68. The van der Waals surface area contributed by atoms with E-state index in [2.05, 4.69) is 20.9 Å². The Hall–Kier alpha value is -1.18. The number of aliphatic hydroxyl groups excluding tert-OH is 1. The number of hydrogen-bond donors (Lipinski definition) is 1. The van der Waals surface area contributed by atoms with E-state index in [0.29, 0.717) is 21.8 Å². The first-order chi connectivity index (χ1) is 9.11. The number of carbonyl (C=O) groups excluding carboxylic acids is 1. The van der Waals surface area contributed by atoms with Gasteiger partial charge >= 0.3 is 0 Å². The van der Waals surface area contributed by atoms with E-state index in [4.69, 9.17) is 9.52 Å².